The van der Waals surface area contributed by atoms with Gasteiger partial charge in [0.15, 0.2) is 0 Å². The number of hydrogen-bond acceptors (Lipinski definition) is 3. The average molecular weight is 383 g/mol. The number of nitrogens with one attached hydrogen (secondary N) is 2. The van der Waals surface area contributed by atoms with E-state index < -0.39 is 0 Å². The Kier molecular flexibility index (Phi) is 4.86. The summed E-state index contributed by atoms with van der Waals surface area (Å²) >= 11 is 0. The van der Waals surface area contributed by atoms with Gasteiger partial charge in [0.1, 0.15) is 0 Å². The summed E-state index contributed by atoms with van der Waals surface area (Å²) in [5, 5.41) is 7.61. The number of hydrogen-bond donors (Lipinski definition) is 2. The topological polar surface area (TPSA) is 54.0 Å². The Labute approximate surface area is 171 Å². The first-order chi connectivity index (χ1) is 14.3. The van der Waals surface area contributed by atoms with Crippen LogP contribution >= 0.6 is 0 Å². The van der Waals surface area contributed by atoms with Crippen LogP contribution in [0.4, 0.5) is 0 Å². The van der Waals surface area contributed by atoms with E-state index in [1.54, 1.807) is 0 Å². The van der Waals surface area contributed by atoms with Gasteiger partial charge in [-0.2, -0.15) is 0 Å². The monoisotopic (exact) mass is 383 g/mol. The van der Waals surface area contributed by atoms with Crippen LogP contribution in [0.25, 0.3) is 22.6 Å². The zero-order valence-electron chi connectivity index (χ0n) is 16.4. The van der Waals surface area contributed by atoms with Crippen molar-refractivity contribution < 1.29 is 4.79 Å². The van der Waals surface area contributed by atoms with Crippen LogP contribution in [-0.2, 0) is 6.42 Å². The number of para-hydroxylation sites is 1. The summed E-state index contributed by atoms with van der Waals surface area (Å²) < 4.78 is 0. The third-order valence-corrected chi connectivity index (χ3v) is 5.98. The molecule has 0 unspecified atom stereocenters. The van der Waals surface area contributed by atoms with Crippen molar-refractivity contribution in [3.8, 4) is 0 Å². The predicted octanol–water partition coefficient (Wildman–Crippen LogP) is 4.20. The van der Waals surface area contributed by atoms with Crippen LogP contribution in [0.3, 0.4) is 0 Å². The van der Waals surface area contributed by atoms with Crippen LogP contribution in [0.5, 0.6) is 0 Å². The molecule has 3 aromatic rings. The molecule has 0 radical (unpaired) electrons. The molecule has 1 amide bonds. The number of allylic oxidation sites excluding steroid dienone is 1. The van der Waals surface area contributed by atoms with E-state index in [-0.39, 0.29) is 11.9 Å². The van der Waals surface area contributed by atoms with E-state index in [2.05, 4.69) is 28.8 Å². The largest absolute Gasteiger partial charge is 0.349 e. The molecule has 29 heavy (non-hydrogen) atoms. The summed E-state index contributed by atoms with van der Waals surface area (Å²) in [5.74, 6) is 0.0488. The second kappa shape index (κ2) is 7.80. The van der Waals surface area contributed by atoms with Crippen molar-refractivity contribution in [3.05, 3.63) is 77.0 Å². The maximum absolute atomic E-state index is 13.4. The maximum atomic E-state index is 13.4. The molecule has 1 fully saturated rings. The molecule has 2 N–H and O–H groups in total. The van der Waals surface area contributed by atoms with Crippen LogP contribution in [0, 0.1) is 0 Å². The van der Waals surface area contributed by atoms with E-state index in [0.29, 0.717) is 0 Å². The summed E-state index contributed by atoms with van der Waals surface area (Å²) in [6.07, 6.45) is 5.95. The van der Waals surface area contributed by atoms with Gasteiger partial charge in [-0.3, -0.25) is 4.79 Å². The van der Waals surface area contributed by atoms with Crippen molar-refractivity contribution in [3.63, 3.8) is 0 Å². The number of aromatic nitrogens is 1. The summed E-state index contributed by atoms with van der Waals surface area (Å²) in [7, 11) is 0. The lowest BCUT2D eigenvalue weighted by Gasteiger charge is -2.24. The molecule has 1 saturated heterocycles. The summed E-state index contributed by atoms with van der Waals surface area (Å²) in [4.78, 5) is 18.3. The number of rotatable bonds is 3. The number of fused-ring (bicyclic) bond motifs is 2. The van der Waals surface area contributed by atoms with Gasteiger partial charge >= 0.3 is 0 Å². The molecule has 2 aromatic carbocycles. The third kappa shape index (κ3) is 3.56. The molecule has 1 aliphatic heterocycles. The van der Waals surface area contributed by atoms with Crippen molar-refractivity contribution in [2.75, 3.05) is 13.1 Å². The minimum Gasteiger partial charge on any atom is -0.349 e. The Morgan fingerprint density at radius 2 is 1.76 bits per heavy atom. The molecule has 4 heteroatoms. The highest BCUT2D eigenvalue weighted by molar-refractivity contribution is 6.09. The summed E-state index contributed by atoms with van der Waals surface area (Å²) in [6.45, 7) is 1.92. The average Bonchev–Trinajstić information content (AvgIpc) is 3.15. The molecule has 146 valence electrons. The molecule has 0 spiro atoms. The van der Waals surface area contributed by atoms with Crippen molar-refractivity contribution in [2.45, 2.75) is 31.7 Å². The normalized spacial score (nSPS) is 18.1. The Bertz CT molecular complexity index is 1080. The Morgan fingerprint density at radius 3 is 2.59 bits per heavy atom. The number of piperidine rings is 1. The van der Waals surface area contributed by atoms with Gasteiger partial charge in [0.05, 0.1) is 16.8 Å². The smallest absolute Gasteiger partial charge is 0.252 e. The molecule has 5 rings (SSSR count). The molecule has 4 nitrogen and oxygen atoms in total. The first-order valence-electron chi connectivity index (χ1n) is 10.5. The van der Waals surface area contributed by atoms with Crippen LogP contribution in [0.2, 0.25) is 0 Å². The number of nitrogens with zero attached hydrogens (tertiary/aromatic N) is 1. The molecule has 1 aromatic heterocycles. The fraction of sp³-hybridized carbons (Fsp3) is 0.280. The molecular weight excluding hydrogens is 358 g/mol. The van der Waals surface area contributed by atoms with Crippen LogP contribution in [0.15, 0.2) is 54.6 Å². The Balaban J connectivity index is 1.59. The van der Waals surface area contributed by atoms with Crippen molar-refractivity contribution >= 4 is 28.5 Å². The highest BCUT2D eigenvalue weighted by Gasteiger charge is 2.28. The number of carbonyl (C=O) groups excluding carboxylic acids is 1. The minimum atomic E-state index is 0.0488. The molecular formula is C25H25N3O. The number of amides is 1. The van der Waals surface area contributed by atoms with Crippen molar-refractivity contribution in [2.24, 2.45) is 0 Å². The van der Waals surface area contributed by atoms with E-state index in [9.17, 15) is 4.79 Å². The molecule has 2 aliphatic rings. The molecule has 1 aliphatic carbocycles. The summed E-state index contributed by atoms with van der Waals surface area (Å²) in [6, 6.07) is 18.6. The third-order valence-electron chi connectivity index (χ3n) is 5.98. The molecule has 2 heterocycles. The lowest BCUT2D eigenvalue weighted by atomic mass is 9.98. The van der Waals surface area contributed by atoms with E-state index >= 15 is 0 Å². The van der Waals surface area contributed by atoms with E-state index in [1.165, 1.54) is 11.1 Å². The summed E-state index contributed by atoms with van der Waals surface area (Å²) in [5.41, 5.74) is 6.18. The Hall–Kier alpha value is -2.98. The quantitative estimate of drug-likeness (QED) is 0.713. The van der Waals surface area contributed by atoms with Gasteiger partial charge in [-0.05, 0) is 67.6 Å². The van der Waals surface area contributed by atoms with Gasteiger partial charge < -0.3 is 10.6 Å². The number of carbonyl (C=O) groups is 1. The van der Waals surface area contributed by atoms with Crippen LogP contribution in [-0.4, -0.2) is 30.0 Å². The van der Waals surface area contributed by atoms with Gasteiger partial charge in [-0.25, -0.2) is 4.98 Å². The number of pyridine rings is 1. The van der Waals surface area contributed by atoms with E-state index in [1.807, 2.05) is 42.5 Å². The molecule has 0 bridgehead atoms. The van der Waals surface area contributed by atoms with Gasteiger partial charge in [-0.15, -0.1) is 0 Å². The van der Waals surface area contributed by atoms with Crippen LogP contribution < -0.4 is 10.6 Å². The van der Waals surface area contributed by atoms with Crippen molar-refractivity contribution in [1.29, 1.82) is 0 Å². The fourth-order valence-electron chi connectivity index (χ4n) is 4.51. The van der Waals surface area contributed by atoms with Gasteiger partial charge in [0.2, 0.25) is 0 Å². The first kappa shape index (κ1) is 18.1. The van der Waals surface area contributed by atoms with Gasteiger partial charge in [0.25, 0.3) is 5.91 Å². The fourth-order valence-corrected chi connectivity index (χ4v) is 4.51. The SMILES string of the molecule is O=C(NC1CCNCC1)c1c2c(nc3ccccc13)/C(=C\c1ccccc1)CC2. The van der Waals surface area contributed by atoms with Crippen molar-refractivity contribution in [1.82, 2.24) is 15.6 Å². The highest BCUT2D eigenvalue weighted by atomic mass is 16.1. The number of benzene rings is 2. The second-order valence-corrected chi connectivity index (χ2v) is 7.91. The second-order valence-electron chi connectivity index (χ2n) is 7.91. The minimum absolute atomic E-state index is 0.0488. The lowest BCUT2D eigenvalue weighted by Crippen LogP contribution is -2.43. The zero-order chi connectivity index (χ0) is 19.6. The lowest BCUT2D eigenvalue weighted by molar-refractivity contribution is 0.0930. The predicted molar refractivity (Wildman–Crippen MR) is 118 cm³/mol. The molecule has 0 atom stereocenters. The standard InChI is InChI=1S/C25H25N3O/c29-25(27-19-12-14-26-15-13-19)23-20-8-4-5-9-22(20)28-24-18(10-11-21(23)24)16-17-6-2-1-3-7-17/h1-9,16,19,26H,10-15H2,(H,27,29)/b18-16-. The first-order valence-corrected chi connectivity index (χ1v) is 10.5. The zero-order valence-corrected chi connectivity index (χ0v) is 16.4. The highest BCUT2D eigenvalue weighted by Crippen LogP contribution is 2.37. The van der Waals surface area contributed by atoms with Gasteiger partial charge in [-0.1, -0.05) is 48.5 Å². The van der Waals surface area contributed by atoms with Crippen LogP contribution in [0.1, 0.15) is 46.4 Å². The van der Waals surface area contributed by atoms with E-state index in [4.69, 9.17) is 4.98 Å². The van der Waals surface area contributed by atoms with E-state index in [0.717, 1.165) is 66.5 Å². The Morgan fingerprint density at radius 1 is 1.00 bits per heavy atom. The van der Waals surface area contributed by atoms with Gasteiger partial charge in [0, 0.05) is 11.4 Å². The maximum Gasteiger partial charge on any atom is 0.252 e. The molecule has 0 saturated carbocycles.